The van der Waals surface area contributed by atoms with Crippen LogP contribution in [0.2, 0.25) is 0 Å². The van der Waals surface area contributed by atoms with Crippen molar-refractivity contribution in [2.75, 3.05) is 26.2 Å². The molecule has 2 aliphatic heterocycles. The number of nitrogens with two attached hydrogens (primary N) is 1. The maximum absolute atomic E-state index is 12.2. The SMILES string of the molecule is C.CC(C)(C)OC(=O)N1CCc2[nH]nc(C(=O)NCCC(F)(F)F)c2C1.CC(C)(C)OC(=O)N1CCc2[nH]nc(C(=O)O)c2C1.NCCC(F)(F)F. The van der Waals surface area contributed by atoms with E-state index in [-0.39, 0.29) is 38.4 Å². The first kappa shape index (κ1) is 45.5. The van der Waals surface area contributed by atoms with Crippen molar-refractivity contribution in [2.45, 2.75) is 111 Å². The summed E-state index contributed by atoms with van der Waals surface area (Å²) in [5.41, 5.74) is 5.89. The van der Waals surface area contributed by atoms with Gasteiger partial charge in [0.2, 0.25) is 0 Å². The zero-order valence-corrected chi connectivity index (χ0v) is 29.1. The first-order valence-electron chi connectivity index (χ1n) is 15.7. The van der Waals surface area contributed by atoms with Crippen LogP contribution in [-0.2, 0) is 35.4 Å². The Morgan fingerprint density at radius 2 is 1.17 bits per heavy atom. The monoisotopic (exact) mass is 758 g/mol. The highest BCUT2D eigenvalue weighted by molar-refractivity contribution is 5.94. The molecule has 15 nitrogen and oxygen atoms in total. The lowest BCUT2D eigenvalue weighted by Crippen LogP contribution is -2.40. The van der Waals surface area contributed by atoms with E-state index in [0.717, 1.165) is 5.69 Å². The number of ether oxygens (including phenoxy) is 2. The lowest BCUT2D eigenvalue weighted by molar-refractivity contribution is -0.133. The van der Waals surface area contributed by atoms with Gasteiger partial charge in [0.05, 0.1) is 25.9 Å². The molecule has 4 rings (SSSR count). The predicted octanol–water partition coefficient (Wildman–Crippen LogP) is 5.32. The zero-order valence-electron chi connectivity index (χ0n) is 29.1. The first-order chi connectivity index (χ1) is 23.3. The van der Waals surface area contributed by atoms with Crippen LogP contribution in [0.15, 0.2) is 0 Å². The number of halogens is 6. The van der Waals surface area contributed by atoms with E-state index in [4.69, 9.17) is 14.6 Å². The molecule has 2 aromatic heterocycles. The van der Waals surface area contributed by atoms with Gasteiger partial charge in [0.15, 0.2) is 11.4 Å². The Bertz CT molecular complexity index is 1510. The molecule has 0 saturated heterocycles. The minimum absolute atomic E-state index is 0. The number of rotatable bonds is 5. The highest BCUT2D eigenvalue weighted by atomic mass is 19.4. The molecule has 0 spiro atoms. The van der Waals surface area contributed by atoms with Crippen LogP contribution in [0, 0.1) is 0 Å². The second-order valence-corrected chi connectivity index (χ2v) is 13.4. The van der Waals surface area contributed by atoms with Gasteiger partial charge in [-0.1, -0.05) is 7.43 Å². The molecule has 6 N–H and O–H groups in total. The molecule has 2 aromatic rings. The van der Waals surface area contributed by atoms with Crippen LogP contribution in [0.25, 0.3) is 0 Å². The number of aromatic nitrogens is 4. The number of nitrogens with zero attached hydrogens (tertiary/aromatic N) is 4. The second kappa shape index (κ2) is 18.3. The summed E-state index contributed by atoms with van der Waals surface area (Å²) in [7, 11) is 0. The Morgan fingerprint density at radius 1 is 0.769 bits per heavy atom. The van der Waals surface area contributed by atoms with Crippen molar-refractivity contribution in [1.29, 1.82) is 0 Å². The van der Waals surface area contributed by atoms with Gasteiger partial charge in [-0.15, -0.1) is 0 Å². The Morgan fingerprint density at radius 3 is 1.52 bits per heavy atom. The number of alkyl halides is 6. The van der Waals surface area contributed by atoms with E-state index in [9.17, 15) is 45.5 Å². The number of carbonyl (C=O) groups is 4. The van der Waals surface area contributed by atoms with Crippen molar-refractivity contribution >= 4 is 24.1 Å². The van der Waals surface area contributed by atoms with E-state index < -0.39 is 67.0 Å². The number of carbonyl (C=O) groups excluding carboxylic acids is 3. The number of hydrogen-bond acceptors (Lipinski definition) is 9. The van der Waals surface area contributed by atoms with Crippen LogP contribution >= 0.6 is 0 Å². The van der Waals surface area contributed by atoms with Crippen LogP contribution in [-0.4, -0.2) is 109 Å². The molecule has 0 saturated carbocycles. The van der Waals surface area contributed by atoms with Crippen molar-refractivity contribution in [2.24, 2.45) is 5.73 Å². The quantitative estimate of drug-likeness (QED) is 0.248. The summed E-state index contributed by atoms with van der Waals surface area (Å²) in [4.78, 5) is 50.1. The number of nitrogens with one attached hydrogen (secondary N) is 3. The zero-order chi connectivity index (χ0) is 38.9. The molecular formula is C31H48F6N8O7. The second-order valence-electron chi connectivity index (χ2n) is 13.4. The highest BCUT2D eigenvalue weighted by Gasteiger charge is 2.32. The Balaban J connectivity index is 0.000000443. The van der Waals surface area contributed by atoms with E-state index in [2.05, 4.69) is 31.4 Å². The molecule has 4 heterocycles. The molecule has 0 bridgehead atoms. The van der Waals surface area contributed by atoms with Gasteiger partial charge in [-0.3, -0.25) is 15.0 Å². The predicted molar refractivity (Wildman–Crippen MR) is 174 cm³/mol. The number of aromatic amines is 2. The van der Waals surface area contributed by atoms with E-state index in [1.807, 2.05) is 0 Å². The highest BCUT2D eigenvalue weighted by Crippen LogP contribution is 2.24. The molecule has 3 amide bonds. The summed E-state index contributed by atoms with van der Waals surface area (Å²) in [5.74, 6) is -1.80. The fourth-order valence-electron chi connectivity index (χ4n) is 4.48. The fourth-order valence-corrected chi connectivity index (χ4v) is 4.48. The largest absolute Gasteiger partial charge is 0.476 e. The molecule has 0 atom stereocenters. The smallest absolute Gasteiger partial charge is 0.410 e. The number of hydrogen-bond donors (Lipinski definition) is 5. The van der Waals surface area contributed by atoms with Crippen molar-refractivity contribution in [1.82, 2.24) is 35.5 Å². The van der Waals surface area contributed by atoms with Gasteiger partial charge < -0.3 is 35.4 Å². The molecule has 2 aliphatic rings. The van der Waals surface area contributed by atoms with Crippen molar-refractivity contribution < 1.29 is 60.1 Å². The van der Waals surface area contributed by atoms with E-state index in [1.54, 1.807) is 41.5 Å². The van der Waals surface area contributed by atoms with Crippen molar-refractivity contribution in [3.63, 3.8) is 0 Å². The molecular weight excluding hydrogens is 710 g/mol. The van der Waals surface area contributed by atoms with Gasteiger partial charge in [-0.25, -0.2) is 14.4 Å². The molecule has 0 aromatic carbocycles. The Hall–Kier alpha value is -4.56. The van der Waals surface area contributed by atoms with Crippen molar-refractivity contribution in [3.05, 3.63) is 33.9 Å². The summed E-state index contributed by atoms with van der Waals surface area (Å²) in [6.07, 6.45) is -10.4. The topological polar surface area (TPSA) is 209 Å². The van der Waals surface area contributed by atoms with Gasteiger partial charge in [0.25, 0.3) is 5.91 Å². The molecule has 0 fully saturated rings. The lowest BCUT2D eigenvalue weighted by atomic mass is 10.1. The minimum atomic E-state index is -4.34. The third kappa shape index (κ3) is 15.4. The van der Waals surface area contributed by atoms with Crippen LogP contribution in [0.3, 0.4) is 0 Å². The molecule has 0 aliphatic carbocycles. The molecule has 52 heavy (non-hydrogen) atoms. The summed E-state index contributed by atoms with van der Waals surface area (Å²) in [6.45, 7) is 11.0. The van der Waals surface area contributed by atoms with Gasteiger partial charge in [-0.2, -0.15) is 36.5 Å². The standard InChI is InChI=1S/C15H21F3N4O3.C12H17N3O4.C3H6F3N.CH4/c1-14(2,3)25-13(24)22-7-4-10-9(8-22)11(21-20-10)12(23)19-6-5-15(16,17)18;1-12(2,3)19-11(18)15-5-4-8-7(6-15)9(10(16)17)14-13-8;4-3(5,6)1-2-7;/h4-8H2,1-3H3,(H,19,23)(H,20,21);4-6H2,1-3H3,(H,13,14)(H,16,17);1-2,7H2;1H4. The fraction of sp³-hybridized carbons (Fsp3) is 0.677. The summed E-state index contributed by atoms with van der Waals surface area (Å²) in [5, 5.41) is 24.3. The molecule has 0 unspecified atom stereocenters. The summed E-state index contributed by atoms with van der Waals surface area (Å²) in [6, 6.07) is 0. The van der Waals surface area contributed by atoms with Crippen LogP contribution in [0.4, 0.5) is 35.9 Å². The number of H-pyrrole nitrogens is 2. The number of amides is 3. The minimum Gasteiger partial charge on any atom is -0.476 e. The Labute approximate surface area is 296 Å². The van der Waals surface area contributed by atoms with E-state index in [0.29, 0.717) is 42.8 Å². The molecule has 0 radical (unpaired) electrons. The molecule has 296 valence electrons. The summed E-state index contributed by atoms with van der Waals surface area (Å²) >= 11 is 0. The number of fused-ring (bicyclic) bond motifs is 2. The van der Waals surface area contributed by atoms with Gasteiger partial charge in [0, 0.05) is 61.5 Å². The molecule has 21 heteroatoms. The third-order valence-corrected chi connectivity index (χ3v) is 6.71. The first-order valence-corrected chi connectivity index (χ1v) is 15.7. The maximum Gasteiger partial charge on any atom is 0.410 e. The van der Waals surface area contributed by atoms with Crippen molar-refractivity contribution in [3.8, 4) is 0 Å². The number of carboxylic acids is 1. The van der Waals surface area contributed by atoms with Gasteiger partial charge in [0.1, 0.15) is 11.2 Å². The van der Waals surface area contributed by atoms with E-state index >= 15 is 0 Å². The maximum atomic E-state index is 12.2. The van der Waals surface area contributed by atoms with Crippen LogP contribution in [0.1, 0.15) is 105 Å². The average Bonchev–Trinajstić information content (AvgIpc) is 3.58. The average molecular weight is 759 g/mol. The van der Waals surface area contributed by atoms with Gasteiger partial charge >= 0.3 is 30.5 Å². The summed E-state index contributed by atoms with van der Waals surface area (Å²) < 4.78 is 80.0. The van der Waals surface area contributed by atoms with E-state index in [1.165, 1.54) is 9.80 Å². The number of aromatic carboxylic acids is 1. The van der Waals surface area contributed by atoms with Crippen LogP contribution in [0.5, 0.6) is 0 Å². The van der Waals surface area contributed by atoms with Crippen LogP contribution < -0.4 is 11.1 Å². The normalized spacial score (nSPS) is 14.2. The number of carboxylic acid groups (broad SMARTS) is 1. The Kier molecular flexibility index (Phi) is 16.0. The lowest BCUT2D eigenvalue weighted by Gasteiger charge is -2.30. The van der Waals surface area contributed by atoms with Gasteiger partial charge in [-0.05, 0) is 41.5 Å². The third-order valence-electron chi connectivity index (χ3n) is 6.71.